The van der Waals surface area contributed by atoms with E-state index in [9.17, 15) is 0 Å². The predicted octanol–water partition coefficient (Wildman–Crippen LogP) is 3.61. The lowest BCUT2D eigenvalue weighted by Crippen LogP contribution is -2.01. The summed E-state index contributed by atoms with van der Waals surface area (Å²) in [7, 11) is 0. The van der Waals surface area contributed by atoms with E-state index in [4.69, 9.17) is 16.9 Å². The van der Waals surface area contributed by atoms with Gasteiger partial charge in [0, 0.05) is 28.5 Å². The van der Waals surface area contributed by atoms with Crippen molar-refractivity contribution in [2.24, 2.45) is 0 Å². The minimum absolute atomic E-state index is 0.464. The van der Waals surface area contributed by atoms with Crippen molar-refractivity contribution in [1.82, 2.24) is 9.55 Å². The molecule has 19 heavy (non-hydrogen) atoms. The molecule has 0 aliphatic heterocycles. The first-order chi connectivity index (χ1) is 9.28. The van der Waals surface area contributed by atoms with Crippen LogP contribution in [0.5, 0.6) is 0 Å². The number of aromatic nitrogens is 2. The zero-order chi connectivity index (χ0) is 13.2. The van der Waals surface area contributed by atoms with Crippen molar-refractivity contribution in [2.75, 3.05) is 0 Å². The van der Waals surface area contributed by atoms with Crippen molar-refractivity contribution in [3.05, 3.63) is 65.1 Å². The highest BCUT2D eigenvalue weighted by atomic mass is 35.5. The molecule has 0 atom stereocenters. The molecular formula is C15H10ClN3. The molecule has 0 spiro atoms. The van der Waals surface area contributed by atoms with Crippen molar-refractivity contribution in [1.29, 1.82) is 5.26 Å². The summed E-state index contributed by atoms with van der Waals surface area (Å²) in [5.41, 5.74) is 2.43. The molecule has 4 heteroatoms. The van der Waals surface area contributed by atoms with Crippen LogP contribution in [-0.4, -0.2) is 9.55 Å². The predicted molar refractivity (Wildman–Crippen MR) is 75.0 cm³/mol. The second-order valence-corrected chi connectivity index (χ2v) is 4.71. The number of nitrogens with zero attached hydrogens (tertiary/aromatic N) is 3. The van der Waals surface area contributed by atoms with Gasteiger partial charge in [0.15, 0.2) is 0 Å². The lowest BCUT2D eigenvalue weighted by atomic mass is 10.2. The van der Waals surface area contributed by atoms with Gasteiger partial charge in [-0.15, -0.1) is 0 Å². The molecule has 0 aliphatic rings. The molecule has 1 aromatic carbocycles. The van der Waals surface area contributed by atoms with Crippen LogP contribution in [0.4, 0.5) is 0 Å². The van der Waals surface area contributed by atoms with Gasteiger partial charge < -0.3 is 4.57 Å². The van der Waals surface area contributed by atoms with Crippen LogP contribution < -0.4 is 0 Å². The zero-order valence-electron chi connectivity index (χ0n) is 10.0. The fraction of sp³-hybridized carbons (Fsp3) is 0.0667. The van der Waals surface area contributed by atoms with Gasteiger partial charge in [-0.2, -0.15) is 5.26 Å². The Morgan fingerprint density at radius 1 is 1.26 bits per heavy atom. The van der Waals surface area contributed by atoms with Crippen LogP contribution in [0.1, 0.15) is 11.3 Å². The molecular weight excluding hydrogens is 258 g/mol. The molecule has 2 aromatic heterocycles. The van der Waals surface area contributed by atoms with Crippen molar-refractivity contribution in [2.45, 2.75) is 6.54 Å². The molecule has 0 saturated heterocycles. The first-order valence-corrected chi connectivity index (χ1v) is 6.24. The van der Waals surface area contributed by atoms with Gasteiger partial charge in [0.2, 0.25) is 0 Å². The Hall–Kier alpha value is -2.31. The van der Waals surface area contributed by atoms with Crippen LogP contribution in [-0.2, 0) is 6.54 Å². The fourth-order valence-corrected chi connectivity index (χ4v) is 2.31. The third-order valence-corrected chi connectivity index (χ3v) is 3.31. The van der Waals surface area contributed by atoms with Crippen molar-refractivity contribution >= 4 is 22.5 Å². The van der Waals surface area contributed by atoms with E-state index in [2.05, 4.69) is 15.6 Å². The van der Waals surface area contributed by atoms with Gasteiger partial charge in [0.05, 0.1) is 6.54 Å². The highest BCUT2D eigenvalue weighted by Gasteiger charge is 2.06. The Bertz CT molecular complexity index is 783. The molecule has 3 rings (SSSR count). The minimum Gasteiger partial charge on any atom is -0.343 e. The quantitative estimate of drug-likeness (QED) is 0.712. The SMILES string of the molecule is N#Cc1ncccc1Cn1ccc2ccc(Cl)cc21. The highest BCUT2D eigenvalue weighted by Crippen LogP contribution is 2.21. The third kappa shape index (κ3) is 2.18. The number of hydrogen-bond acceptors (Lipinski definition) is 2. The monoisotopic (exact) mass is 267 g/mol. The lowest BCUT2D eigenvalue weighted by Gasteiger charge is -2.07. The number of hydrogen-bond donors (Lipinski definition) is 0. The number of nitriles is 1. The van der Waals surface area contributed by atoms with Crippen LogP contribution in [0, 0.1) is 11.3 Å². The molecule has 2 heterocycles. The van der Waals surface area contributed by atoms with E-state index in [0.717, 1.165) is 16.5 Å². The van der Waals surface area contributed by atoms with E-state index in [1.165, 1.54) is 0 Å². The zero-order valence-corrected chi connectivity index (χ0v) is 10.8. The molecule has 3 aromatic rings. The van der Waals surface area contributed by atoms with E-state index in [1.807, 2.05) is 42.6 Å². The summed E-state index contributed by atoms with van der Waals surface area (Å²) in [5.74, 6) is 0. The van der Waals surface area contributed by atoms with Gasteiger partial charge in [-0.25, -0.2) is 4.98 Å². The third-order valence-electron chi connectivity index (χ3n) is 3.07. The molecule has 0 radical (unpaired) electrons. The second kappa shape index (κ2) is 4.75. The fourth-order valence-electron chi connectivity index (χ4n) is 2.15. The first kappa shape index (κ1) is 11.8. The van der Waals surface area contributed by atoms with E-state index in [1.54, 1.807) is 6.20 Å². The molecule has 3 nitrogen and oxygen atoms in total. The van der Waals surface area contributed by atoms with Crippen molar-refractivity contribution < 1.29 is 0 Å². The first-order valence-electron chi connectivity index (χ1n) is 5.86. The van der Waals surface area contributed by atoms with Gasteiger partial charge in [-0.3, -0.25) is 0 Å². The maximum absolute atomic E-state index is 9.06. The molecule has 0 bridgehead atoms. The Balaban J connectivity index is 2.06. The Morgan fingerprint density at radius 2 is 2.16 bits per heavy atom. The molecule has 0 amide bonds. The summed E-state index contributed by atoms with van der Waals surface area (Å²) >= 11 is 6.03. The minimum atomic E-state index is 0.464. The number of pyridine rings is 1. The normalized spacial score (nSPS) is 10.5. The molecule has 0 saturated carbocycles. The maximum atomic E-state index is 9.06. The average molecular weight is 268 g/mol. The van der Waals surface area contributed by atoms with Gasteiger partial charge >= 0.3 is 0 Å². The van der Waals surface area contributed by atoms with E-state index in [-0.39, 0.29) is 0 Å². The summed E-state index contributed by atoms with van der Waals surface area (Å²) in [6.45, 7) is 0.612. The second-order valence-electron chi connectivity index (χ2n) is 4.27. The maximum Gasteiger partial charge on any atom is 0.145 e. The Labute approximate surface area is 115 Å². The van der Waals surface area contributed by atoms with E-state index < -0.39 is 0 Å². The lowest BCUT2D eigenvalue weighted by molar-refractivity contribution is 0.828. The van der Waals surface area contributed by atoms with Crippen LogP contribution in [0.3, 0.4) is 0 Å². The smallest absolute Gasteiger partial charge is 0.145 e. The standard InChI is InChI=1S/C15H10ClN3/c16-13-4-3-11-5-7-19(15(11)8-13)10-12-2-1-6-18-14(12)9-17/h1-8H,10H2. The molecule has 92 valence electrons. The molecule has 0 aliphatic carbocycles. The largest absolute Gasteiger partial charge is 0.343 e. The van der Waals surface area contributed by atoms with E-state index >= 15 is 0 Å². The van der Waals surface area contributed by atoms with Gasteiger partial charge in [0.1, 0.15) is 11.8 Å². The highest BCUT2D eigenvalue weighted by molar-refractivity contribution is 6.31. The van der Waals surface area contributed by atoms with Crippen molar-refractivity contribution in [3.8, 4) is 6.07 Å². The van der Waals surface area contributed by atoms with Gasteiger partial charge in [0.25, 0.3) is 0 Å². The Morgan fingerprint density at radius 3 is 3.00 bits per heavy atom. The van der Waals surface area contributed by atoms with Crippen LogP contribution in [0.25, 0.3) is 10.9 Å². The number of fused-ring (bicyclic) bond motifs is 1. The molecule has 0 N–H and O–H groups in total. The summed E-state index contributed by atoms with van der Waals surface area (Å²) in [6.07, 6.45) is 3.63. The van der Waals surface area contributed by atoms with Gasteiger partial charge in [-0.1, -0.05) is 23.7 Å². The topological polar surface area (TPSA) is 41.6 Å². The number of rotatable bonds is 2. The number of halogens is 1. The van der Waals surface area contributed by atoms with Crippen molar-refractivity contribution in [3.63, 3.8) is 0 Å². The number of benzene rings is 1. The summed E-state index contributed by atoms with van der Waals surface area (Å²) in [5, 5.41) is 10.9. The molecule has 0 fully saturated rings. The Kier molecular flexibility index (Phi) is 2.94. The van der Waals surface area contributed by atoms with Gasteiger partial charge in [-0.05, 0) is 29.7 Å². The van der Waals surface area contributed by atoms with E-state index in [0.29, 0.717) is 17.3 Å². The summed E-state index contributed by atoms with van der Waals surface area (Å²) in [6, 6.07) is 13.7. The molecule has 0 unspecified atom stereocenters. The average Bonchev–Trinajstić information content (AvgIpc) is 2.82. The summed E-state index contributed by atoms with van der Waals surface area (Å²) < 4.78 is 2.07. The summed E-state index contributed by atoms with van der Waals surface area (Å²) in [4.78, 5) is 4.07. The van der Waals surface area contributed by atoms with Crippen LogP contribution in [0.2, 0.25) is 5.02 Å². The van der Waals surface area contributed by atoms with Crippen LogP contribution in [0.15, 0.2) is 48.8 Å². The van der Waals surface area contributed by atoms with Crippen LogP contribution >= 0.6 is 11.6 Å².